The SMILES string of the molecule is COC(=O)[C@H](C[C@@H]1CCNC1=O)NC(=O)[C@H](CC(C)(C)F)NC(=O)OC(C)(C)C. The molecule has 1 fully saturated rings. The highest BCUT2D eigenvalue weighted by Crippen LogP contribution is 2.19. The molecule has 3 N–H and O–H groups in total. The van der Waals surface area contributed by atoms with Gasteiger partial charge in [-0.15, -0.1) is 0 Å². The number of alkyl carbamates (subject to hydrolysis) is 1. The van der Waals surface area contributed by atoms with E-state index in [1.807, 2.05) is 0 Å². The van der Waals surface area contributed by atoms with Crippen LogP contribution < -0.4 is 16.0 Å². The zero-order valence-electron chi connectivity index (χ0n) is 17.9. The molecule has 0 saturated carbocycles. The number of carbonyl (C=O) groups is 4. The normalized spacial score (nSPS) is 19.0. The predicted octanol–water partition coefficient (Wildman–Crippen LogP) is 1.20. The molecular weight excluding hydrogens is 385 g/mol. The van der Waals surface area contributed by atoms with Crippen molar-refractivity contribution < 1.29 is 33.0 Å². The summed E-state index contributed by atoms with van der Waals surface area (Å²) in [5, 5.41) is 7.49. The molecular formula is C19H32FN3O6. The lowest BCUT2D eigenvalue weighted by Gasteiger charge is -2.27. The van der Waals surface area contributed by atoms with Crippen LogP contribution in [-0.4, -0.2) is 60.9 Å². The number of esters is 1. The zero-order valence-corrected chi connectivity index (χ0v) is 17.9. The number of rotatable bonds is 8. The summed E-state index contributed by atoms with van der Waals surface area (Å²) >= 11 is 0. The summed E-state index contributed by atoms with van der Waals surface area (Å²) in [4.78, 5) is 48.7. The lowest BCUT2D eigenvalue weighted by Crippen LogP contribution is -2.54. The van der Waals surface area contributed by atoms with Gasteiger partial charge >= 0.3 is 12.1 Å². The third kappa shape index (κ3) is 9.10. The van der Waals surface area contributed by atoms with Gasteiger partial charge in [0.05, 0.1) is 7.11 Å². The topological polar surface area (TPSA) is 123 Å². The van der Waals surface area contributed by atoms with Crippen molar-refractivity contribution in [2.75, 3.05) is 13.7 Å². The number of methoxy groups -OCH3 is 1. The van der Waals surface area contributed by atoms with Crippen molar-refractivity contribution in [2.45, 2.75) is 77.2 Å². The van der Waals surface area contributed by atoms with Crippen LogP contribution in [0.4, 0.5) is 9.18 Å². The van der Waals surface area contributed by atoms with Gasteiger partial charge in [0, 0.05) is 18.9 Å². The van der Waals surface area contributed by atoms with Crippen LogP contribution in [0.2, 0.25) is 0 Å². The van der Waals surface area contributed by atoms with Gasteiger partial charge in [0.25, 0.3) is 0 Å². The average Bonchev–Trinajstić information content (AvgIpc) is 2.94. The van der Waals surface area contributed by atoms with Crippen LogP contribution in [0.1, 0.15) is 53.9 Å². The summed E-state index contributed by atoms with van der Waals surface area (Å²) in [6.45, 7) is 7.99. The lowest BCUT2D eigenvalue weighted by atomic mass is 9.96. The quantitative estimate of drug-likeness (QED) is 0.510. The Labute approximate surface area is 170 Å². The minimum Gasteiger partial charge on any atom is -0.467 e. The van der Waals surface area contributed by atoms with Crippen molar-refractivity contribution in [1.29, 1.82) is 0 Å². The molecule has 0 aromatic rings. The Bertz CT molecular complexity index is 626. The van der Waals surface area contributed by atoms with E-state index < -0.39 is 47.2 Å². The monoisotopic (exact) mass is 417 g/mol. The first-order chi connectivity index (χ1) is 13.2. The number of halogens is 1. The van der Waals surface area contributed by atoms with Gasteiger partial charge < -0.3 is 25.4 Å². The predicted molar refractivity (Wildman–Crippen MR) is 103 cm³/mol. The van der Waals surface area contributed by atoms with Crippen molar-refractivity contribution in [3.05, 3.63) is 0 Å². The number of ether oxygens (including phenoxy) is 2. The van der Waals surface area contributed by atoms with Crippen molar-refractivity contribution in [3.63, 3.8) is 0 Å². The second-order valence-corrected chi connectivity index (χ2v) is 8.72. The van der Waals surface area contributed by atoms with Crippen LogP contribution in [0.15, 0.2) is 0 Å². The van der Waals surface area contributed by atoms with Crippen molar-refractivity contribution in [2.24, 2.45) is 5.92 Å². The van der Waals surface area contributed by atoms with Gasteiger partial charge in [-0.1, -0.05) is 0 Å². The molecule has 1 heterocycles. The highest BCUT2D eigenvalue weighted by Gasteiger charge is 2.36. The average molecular weight is 417 g/mol. The molecule has 10 heteroatoms. The molecule has 0 unspecified atom stereocenters. The number of nitrogens with one attached hydrogen (secondary N) is 3. The number of alkyl halides is 1. The smallest absolute Gasteiger partial charge is 0.408 e. The molecule has 1 aliphatic heterocycles. The largest absolute Gasteiger partial charge is 0.467 e. The number of hydrogen-bond acceptors (Lipinski definition) is 6. The molecule has 0 spiro atoms. The third-order valence-electron chi connectivity index (χ3n) is 4.18. The summed E-state index contributed by atoms with van der Waals surface area (Å²) in [7, 11) is 1.16. The highest BCUT2D eigenvalue weighted by atomic mass is 19.1. The molecule has 0 aliphatic carbocycles. The van der Waals surface area contributed by atoms with Crippen molar-refractivity contribution in [1.82, 2.24) is 16.0 Å². The molecule has 0 aromatic heterocycles. The Balaban J connectivity index is 2.91. The Morgan fingerprint density at radius 1 is 1.17 bits per heavy atom. The first-order valence-corrected chi connectivity index (χ1v) is 9.56. The standard InChI is InChI=1S/C19H32FN3O6/c1-18(2,3)29-17(27)23-13(10-19(4,5)20)15(25)22-12(16(26)28-6)9-11-7-8-21-14(11)24/h11-13H,7-10H2,1-6H3,(H,21,24)(H,22,25)(H,23,27)/t11-,12-,13-/m0/s1. The van der Waals surface area contributed by atoms with Gasteiger partial charge in [0.2, 0.25) is 11.8 Å². The maximum Gasteiger partial charge on any atom is 0.408 e. The fourth-order valence-corrected chi connectivity index (χ4v) is 2.93. The van der Waals surface area contributed by atoms with E-state index in [9.17, 15) is 23.6 Å². The fourth-order valence-electron chi connectivity index (χ4n) is 2.93. The number of hydrogen-bond donors (Lipinski definition) is 3. The maximum absolute atomic E-state index is 14.2. The third-order valence-corrected chi connectivity index (χ3v) is 4.18. The molecule has 0 aromatic carbocycles. The summed E-state index contributed by atoms with van der Waals surface area (Å²) in [6.07, 6.45) is -0.649. The summed E-state index contributed by atoms with van der Waals surface area (Å²) in [6, 6.07) is -2.39. The summed E-state index contributed by atoms with van der Waals surface area (Å²) in [5.74, 6) is -2.15. The van der Waals surface area contributed by atoms with Crippen molar-refractivity contribution >= 4 is 23.9 Å². The van der Waals surface area contributed by atoms with Crippen LogP contribution in [0.3, 0.4) is 0 Å². The molecule has 29 heavy (non-hydrogen) atoms. The van der Waals surface area contributed by atoms with E-state index in [1.54, 1.807) is 20.8 Å². The Morgan fingerprint density at radius 3 is 2.24 bits per heavy atom. The van der Waals surface area contributed by atoms with E-state index in [4.69, 9.17) is 9.47 Å². The van der Waals surface area contributed by atoms with Gasteiger partial charge in [-0.3, -0.25) is 9.59 Å². The van der Waals surface area contributed by atoms with Crippen LogP contribution in [-0.2, 0) is 23.9 Å². The lowest BCUT2D eigenvalue weighted by molar-refractivity contribution is -0.146. The van der Waals surface area contributed by atoms with E-state index in [-0.39, 0.29) is 18.7 Å². The van der Waals surface area contributed by atoms with E-state index in [0.717, 1.165) is 7.11 Å². The number of amides is 3. The van der Waals surface area contributed by atoms with Gasteiger partial charge in [-0.25, -0.2) is 14.0 Å². The molecule has 0 radical (unpaired) electrons. The van der Waals surface area contributed by atoms with E-state index in [1.165, 1.54) is 13.8 Å². The van der Waals surface area contributed by atoms with E-state index in [2.05, 4.69) is 16.0 Å². The van der Waals surface area contributed by atoms with Gasteiger partial charge in [0.1, 0.15) is 23.4 Å². The fraction of sp³-hybridized carbons (Fsp3) is 0.789. The second-order valence-electron chi connectivity index (χ2n) is 8.72. The van der Waals surface area contributed by atoms with Crippen LogP contribution >= 0.6 is 0 Å². The van der Waals surface area contributed by atoms with Gasteiger partial charge in [0.15, 0.2) is 0 Å². The second kappa shape index (κ2) is 9.89. The Kier molecular flexibility index (Phi) is 8.40. The molecule has 9 nitrogen and oxygen atoms in total. The maximum atomic E-state index is 14.2. The molecule has 1 aliphatic rings. The summed E-state index contributed by atoms with van der Waals surface area (Å²) in [5.41, 5.74) is -2.58. The first kappa shape index (κ1) is 24.6. The minimum absolute atomic E-state index is 0.0441. The van der Waals surface area contributed by atoms with Crippen LogP contribution in [0.25, 0.3) is 0 Å². The van der Waals surface area contributed by atoms with E-state index >= 15 is 0 Å². The number of carbonyl (C=O) groups excluding carboxylic acids is 4. The van der Waals surface area contributed by atoms with Crippen LogP contribution in [0.5, 0.6) is 0 Å². The van der Waals surface area contributed by atoms with Gasteiger partial charge in [-0.05, 0) is 47.5 Å². The molecule has 3 atom stereocenters. The first-order valence-electron chi connectivity index (χ1n) is 9.56. The van der Waals surface area contributed by atoms with Crippen molar-refractivity contribution in [3.8, 4) is 0 Å². The highest BCUT2D eigenvalue weighted by molar-refractivity contribution is 5.90. The molecule has 1 saturated heterocycles. The van der Waals surface area contributed by atoms with E-state index in [0.29, 0.717) is 13.0 Å². The molecule has 1 rings (SSSR count). The molecule has 3 amide bonds. The zero-order chi connectivity index (χ0) is 22.4. The Morgan fingerprint density at radius 2 is 1.79 bits per heavy atom. The Hall–Kier alpha value is -2.39. The summed E-state index contributed by atoms with van der Waals surface area (Å²) < 4.78 is 24.1. The van der Waals surface area contributed by atoms with Gasteiger partial charge in [-0.2, -0.15) is 0 Å². The minimum atomic E-state index is -1.77. The molecule has 0 bridgehead atoms. The molecule has 166 valence electrons. The van der Waals surface area contributed by atoms with Crippen LogP contribution in [0, 0.1) is 5.92 Å².